The fourth-order valence-corrected chi connectivity index (χ4v) is 0.350. The molecule has 0 amide bonds. The summed E-state index contributed by atoms with van der Waals surface area (Å²) in [6, 6.07) is 0. The highest BCUT2D eigenvalue weighted by Crippen LogP contribution is 1.90. The molecule has 54 valence electrons. The zero-order valence-electron chi connectivity index (χ0n) is 5.96. The second kappa shape index (κ2) is 4.32. The molecule has 3 heteroatoms. The number of nitrogens with zero attached hydrogens (tertiary/aromatic N) is 1. The minimum Gasteiger partial charge on any atom is -0.388 e. The molecule has 0 atom stereocenters. The molecule has 0 aromatic heterocycles. The lowest BCUT2D eigenvalue weighted by Gasteiger charge is -1.98. The molecule has 0 radical (unpaired) electrons. The van der Waals surface area contributed by atoms with Crippen molar-refractivity contribution in [3.63, 3.8) is 0 Å². The van der Waals surface area contributed by atoms with Crippen LogP contribution in [0.2, 0.25) is 0 Å². The monoisotopic (exact) mass is 130 g/mol. The van der Waals surface area contributed by atoms with Crippen molar-refractivity contribution in [2.24, 2.45) is 16.6 Å². The van der Waals surface area contributed by atoms with Gasteiger partial charge in [-0.15, -0.1) is 0 Å². The molecule has 0 aliphatic heterocycles. The van der Waals surface area contributed by atoms with E-state index in [4.69, 9.17) is 10.8 Å². The topological polar surface area (TPSA) is 58.6 Å². The SMILES string of the molecule is CC(C)CN=C(N)CO. The van der Waals surface area contributed by atoms with Crippen molar-refractivity contribution >= 4 is 5.84 Å². The van der Waals surface area contributed by atoms with Gasteiger partial charge in [0, 0.05) is 6.54 Å². The first-order valence-electron chi connectivity index (χ1n) is 3.06. The van der Waals surface area contributed by atoms with E-state index < -0.39 is 0 Å². The first kappa shape index (κ1) is 8.43. The lowest BCUT2D eigenvalue weighted by molar-refractivity contribution is 0.355. The summed E-state index contributed by atoms with van der Waals surface area (Å²) in [4.78, 5) is 3.89. The number of hydrogen-bond donors (Lipinski definition) is 2. The fraction of sp³-hybridized carbons (Fsp3) is 0.833. The molecule has 0 aromatic rings. The van der Waals surface area contributed by atoms with Crippen LogP contribution in [0.1, 0.15) is 13.8 Å². The summed E-state index contributed by atoms with van der Waals surface area (Å²) in [6.45, 7) is 4.67. The molecule has 3 nitrogen and oxygen atoms in total. The molecule has 0 unspecified atom stereocenters. The van der Waals surface area contributed by atoms with E-state index in [1.165, 1.54) is 0 Å². The van der Waals surface area contributed by atoms with Gasteiger partial charge in [0.15, 0.2) is 0 Å². The third-order valence-corrected chi connectivity index (χ3v) is 0.822. The van der Waals surface area contributed by atoms with Gasteiger partial charge in [0.25, 0.3) is 0 Å². The molecule has 0 fully saturated rings. The Morgan fingerprint density at radius 3 is 2.56 bits per heavy atom. The van der Waals surface area contributed by atoms with Gasteiger partial charge in [0.2, 0.25) is 0 Å². The molecule has 3 N–H and O–H groups in total. The predicted molar refractivity (Wildman–Crippen MR) is 38.4 cm³/mol. The number of aliphatic hydroxyl groups is 1. The van der Waals surface area contributed by atoms with Crippen LogP contribution in [0, 0.1) is 5.92 Å². The Morgan fingerprint density at radius 2 is 2.22 bits per heavy atom. The van der Waals surface area contributed by atoms with Gasteiger partial charge in [-0.3, -0.25) is 4.99 Å². The van der Waals surface area contributed by atoms with E-state index in [0.29, 0.717) is 18.3 Å². The van der Waals surface area contributed by atoms with E-state index >= 15 is 0 Å². The van der Waals surface area contributed by atoms with Crippen molar-refractivity contribution < 1.29 is 5.11 Å². The van der Waals surface area contributed by atoms with Crippen molar-refractivity contribution in [2.45, 2.75) is 13.8 Å². The molecule has 0 heterocycles. The number of rotatable bonds is 3. The summed E-state index contributed by atoms with van der Waals surface area (Å²) in [6.07, 6.45) is 0. The highest BCUT2D eigenvalue weighted by molar-refractivity contribution is 5.81. The Hall–Kier alpha value is -0.570. The van der Waals surface area contributed by atoms with E-state index in [-0.39, 0.29) is 6.61 Å². The van der Waals surface area contributed by atoms with Gasteiger partial charge in [0.1, 0.15) is 12.4 Å². The van der Waals surface area contributed by atoms with Crippen LogP contribution in [0.3, 0.4) is 0 Å². The van der Waals surface area contributed by atoms with E-state index in [2.05, 4.69) is 4.99 Å². The van der Waals surface area contributed by atoms with Crippen LogP contribution in [0.4, 0.5) is 0 Å². The molecule has 0 bridgehead atoms. The number of hydrogen-bond acceptors (Lipinski definition) is 2. The van der Waals surface area contributed by atoms with Crippen molar-refractivity contribution in [2.75, 3.05) is 13.2 Å². The summed E-state index contributed by atoms with van der Waals surface area (Å²) >= 11 is 0. The molecule has 0 aliphatic rings. The average Bonchev–Trinajstić information content (AvgIpc) is 1.83. The molecule has 0 rings (SSSR count). The Morgan fingerprint density at radius 1 is 1.67 bits per heavy atom. The van der Waals surface area contributed by atoms with Crippen LogP contribution >= 0.6 is 0 Å². The minimum absolute atomic E-state index is 0.132. The largest absolute Gasteiger partial charge is 0.388 e. The third kappa shape index (κ3) is 5.30. The number of aliphatic hydroxyl groups excluding tert-OH is 1. The highest BCUT2D eigenvalue weighted by atomic mass is 16.3. The second-order valence-corrected chi connectivity index (χ2v) is 2.38. The first-order chi connectivity index (χ1) is 4.16. The number of aliphatic imine (C=N–C) groups is 1. The maximum Gasteiger partial charge on any atom is 0.120 e. The molecule has 0 aliphatic carbocycles. The van der Waals surface area contributed by atoms with Gasteiger partial charge in [-0.1, -0.05) is 13.8 Å². The summed E-state index contributed by atoms with van der Waals surface area (Å²) in [5.74, 6) is 0.832. The van der Waals surface area contributed by atoms with Crippen molar-refractivity contribution in [3.8, 4) is 0 Å². The van der Waals surface area contributed by atoms with Gasteiger partial charge < -0.3 is 10.8 Å². The molecule has 0 aromatic carbocycles. The molecular formula is C6H14N2O. The zero-order chi connectivity index (χ0) is 7.28. The predicted octanol–water partition coefficient (Wildman–Crippen LogP) is -0.00810. The van der Waals surface area contributed by atoms with Crippen LogP contribution in [0.5, 0.6) is 0 Å². The summed E-state index contributed by atoms with van der Waals surface area (Å²) < 4.78 is 0. The third-order valence-electron chi connectivity index (χ3n) is 0.822. The van der Waals surface area contributed by atoms with Crippen LogP contribution in [0.25, 0.3) is 0 Å². The molecular weight excluding hydrogens is 116 g/mol. The normalized spacial score (nSPS) is 12.7. The standard InChI is InChI=1S/C6H14N2O/c1-5(2)3-8-6(7)4-9/h5,9H,3-4H2,1-2H3,(H2,7,8). The maximum absolute atomic E-state index is 8.39. The second-order valence-electron chi connectivity index (χ2n) is 2.38. The van der Waals surface area contributed by atoms with Crippen LogP contribution in [-0.4, -0.2) is 24.1 Å². The van der Waals surface area contributed by atoms with Gasteiger partial charge in [0.05, 0.1) is 0 Å². The summed E-state index contributed by atoms with van der Waals surface area (Å²) in [5, 5.41) is 8.39. The van der Waals surface area contributed by atoms with Crippen molar-refractivity contribution in [3.05, 3.63) is 0 Å². The summed E-state index contributed by atoms with van der Waals surface area (Å²) in [7, 11) is 0. The Kier molecular flexibility index (Phi) is 4.05. The Labute approximate surface area is 55.6 Å². The van der Waals surface area contributed by atoms with E-state index in [1.54, 1.807) is 0 Å². The molecule has 9 heavy (non-hydrogen) atoms. The Bertz CT molecular complexity index is 99.2. The molecule has 0 saturated heterocycles. The van der Waals surface area contributed by atoms with Gasteiger partial charge in [-0.05, 0) is 5.92 Å². The van der Waals surface area contributed by atoms with Gasteiger partial charge >= 0.3 is 0 Å². The van der Waals surface area contributed by atoms with Gasteiger partial charge in [-0.25, -0.2) is 0 Å². The smallest absolute Gasteiger partial charge is 0.120 e. The first-order valence-corrected chi connectivity index (χ1v) is 3.06. The Balaban J connectivity index is 3.43. The maximum atomic E-state index is 8.39. The highest BCUT2D eigenvalue weighted by Gasteiger charge is 1.90. The number of nitrogens with two attached hydrogens (primary N) is 1. The van der Waals surface area contributed by atoms with Gasteiger partial charge in [-0.2, -0.15) is 0 Å². The zero-order valence-corrected chi connectivity index (χ0v) is 5.96. The van der Waals surface area contributed by atoms with E-state index in [1.807, 2.05) is 13.8 Å². The summed E-state index contributed by atoms with van der Waals surface area (Å²) in [5.41, 5.74) is 5.22. The lowest BCUT2D eigenvalue weighted by atomic mass is 10.2. The molecule has 0 spiro atoms. The van der Waals surface area contributed by atoms with E-state index in [0.717, 1.165) is 0 Å². The van der Waals surface area contributed by atoms with Crippen LogP contribution in [0.15, 0.2) is 4.99 Å². The van der Waals surface area contributed by atoms with Crippen LogP contribution in [-0.2, 0) is 0 Å². The van der Waals surface area contributed by atoms with E-state index in [9.17, 15) is 0 Å². The van der Waals surface area contributed by atoms with Crippen LogP contribution < -0.4 is 5.73 Å². The minimum atomic E-state index is -0.132. The quantitative estimate of drug-likeness (QED) is 0.417. The average molecular weight is 130 g/mol. The fourth-order valence-electron chi connectivity index (χ4n) is 0.350. The van der Waals surface area contributed by atoms with Crippen molar-refractivity contribution in [1.82, 2.24) is 0 Å². The number of amidine groups is 1. The molecule has 0 saturated carbocycles. The lowest BCUT2D eigenvalue weighted by Crippen LogP contribution is -2.17. The van der Waals surface area contributed by atoms with Crippen molar-refractivity contribution in [1.29, 1.82) is 0 Å².